The zero-order chi connectivity index (χ0) is 20.7. The standard InChI is InChI=1S/C25H18ClNO3/c26-18-11-12-20-19(15-18)23(28)21-22(17-9-5-2-6-10-17)27(25(29)24(21)30-20)14-13-16-7-3-1-4-8-16/h1-12,15,22H,13-14H2/t22-/m1/s1. The number of hydrogen-bond acceptors (Lipinski definition) is 3. The predicted molar refractivity (Wildman–Crippen MR) is 117 cm³/mol. The van der Waals surface area contributed by atoms with Gasteiger partial charge in [0, 0.05) is 11.6 Å². The van der Waals surface area contributed by atoms with Crippen molar-refractivity contribution >= 4 is 28.5 Å². The second-order valence-electron chi connectivity index (χ2n) is 7.36. The molecule has 0 saturated heterocycles. The zero-order valence-corrected chi connectivity index (χ0v) is 16.8. The average Bonchev–Trinajstić information content (AvgIpc) is 3.06. The summed E-state index contributed by atoms with van der Waals surface area (Å²) in [7, 11) is 0. The third-order valence-corrected chi connectivity index (χ3v) is 5.76. The van der Waals surface area contributed by atoms with Crippen molar-refractivity contribution in [3.8, 4) is 0 Å². The first-order valence-corrected chi connectivity index (χ1v) is 10.2. The largest absolute Gasteiger partial charge is 0.450 e. The van der Waals surface area contributed by atoms with Crippen LogP contribution >= 0.6 is 11.6 Å². The third kappa shape index (κ3) is 3.10. The Bertz CT molecular complexity index is 1300. The Balaban J connectivity index is 1.65. The van der Waals surface area contributed by atoms with E-state index in [1.165, 1.54) is 0 Å². The number of rotatable bonds is 4. The summed E-state index contributed by atoms with van der Waals surface area (Å²) in [4.78, 5) is 28.5. The van der Waals surface area contributed by atoms with Crippen molar-refractivity contribution in [2.24, 2.45) is 0 Å². The van der Waals surface area contributed by atoms with Crippen molar-refractivity contribution in [1.29, 1.82) is 0 Å². The van der Waals surface area contributed by atoms with Gasteiger partial charge in [-0.15, -0.1) is 0 Å². The Labute approximate surface area is 178 Å². The van der Waals surface area contributed by atoms with E-state index >= 15 is 0 Å². The van der Waals surface area contributed by atoms with Crippen molar-refractivity contribution in [1.82, 2.24) is 4.90 Å². The molecule has 4 nitrogen and oxygen atoms in total. The minimum absolute atomic E-state index is 0.122. The van der Waals surface area contributed by atoms with Crippen LogP contribution in [0.4, 0.5) is 0 Å². The summed E-state index contributed by atoms with van der Waals surface area (Å²) in [5, 5.41) is 0.844. The molecule has 148 valence electrons. The summed E-state index contributed by atoms with van der Waals surface area (Å²) in [5.41, 5.74) is 2.55. The van der Waals surface area contributed by atoms with Gasteiger partial charge in [0.1, 0.15) is 5.58 Å². The maximum absolute atomic E-state index is 13.4. The lowest BCUT2D eigenvalue weighted by Gasteiger charge is -2.25. The van der Waals surface area contributed by atoms with Gasteiger partial charge in [-0.05, 0) is 35.7 Å². The lowest BCUT2D eigenvalue weighted by Crippen LogP contribution is -2.31. The maximum atomic E-state index is 13.4. The fraction of sp³-hybridized carbons (Fsp3) is 0.120. The molecule has 4 aromatic rings. The molecule has 1 aliphatic heterocycles. The molecular weight excluding hydrogens is 398 g/mol. The van der Waals surface area contributed by atoms with Crippen LogP contribution in [0.25, 0.3) is 11.0 Å². The first kappa shape index (κ1) is 18.6. The highest BCUT2D eigenvalue weighted by molar-refractivity contribution is 6.31. The van der Waals surface area contributed by atoms with Crippen LogP contribution in [0.1, 0.15) is 33.3 Å². The Hall–Kier alpha value is -3.37. The quantitative estimate of drug-likeness (QED) is 0.458. The topological polar surface area (TPSA) is 50.5 Å². The number of hydrogen-bond donors (Lipinski definition) is 0. The summed E-state index contributed by atoms with van der Waals surface area (Å²) >= 11 is 6.11. The number of benzene rings is 3. The van der Waals surface area contributed by atoms with Crippen LogP contribution in [0.3, 0.4) is 0 Å². The minimum Gasteiger partial charge on any atom is -0.450 e. The van der Waals surface area contributed by atoms with E-state index in [2.05, 4.69) is 0 Å². The van der Waals surface area contributed by atoms with Crippen molar-refractivity contribution < 1.29 is 9.21 Å². The van der Waals surface area contributed by atoms with Gasteiger partial charge in [-0.2, -0.15) is 0 Å². The molecule has 0 fully saturated rings. The molecule has 0 spiro atoms. The maximum Gasteiger partial charge on any atom is 0.290 e. The molecule has 0 radical (unpaired) electrons. The van der Waals surface area contributed by atoms with Crippen LogP contribution in [0.15, 0.2) is 88.1 Å². The number of halogens is 1. The molecule has 1 atom stereocenters. The monoisotopic (exact) mass is 415 g/mol. The molecule has 0 saturated carbocycles. The molecule has 2 heterocycles. The second-order valence-corrected chi connectivity index (χ2v) is 7.80. The molecule has 5 heteroatoms. The van der Waals surface area contributed by atoms with Gasteiger partial charge < -0.3 is 9.32 Å². The van der Waals surface area contributed by atoms with Crippen LogP contribution in [0, 0.1) is 0 Å². The Morgan fingerprint density at radius 2 is 1.60 bits per heavy atom. The zero-order valence-electron chi connectivity index (χ0n) is 16.0. The molecule has 0 aliphatic carbocycles. The molecule has 1 aromatic heterocycles. The highest BCUT2D eigenvalue weighted by Crippen LogP contribution is 2.38. The Morgan fingerprint density at radius 1 is 0.900 bits per heavy atom. The normalized spacial score (nSPS) is 15.6. The van der Waals surface area contributed by atoms with Gasteiger partial charge in [0.15, 0.2) is 5.43 Å². The minimum atomic E-state index is -0.489. The first-order valence-electron chi connectivity index (χ1n) is 9.79. The SMILES string of the molecule is O=C1c2oc3ccc(Cl)cc3c(=O)c2[C@@H](c2ccccc2)N1CCc1ccccc1. The van der Waals surface area contributed by atoms with Crippen LogP contribution < -0.4 is 5.43 Å². The number of carbonyl (C=O) groups is 1. The van der Waals surface area contributed by atoms with E-state index in [1.807, 2.05) is 60.7 Å². The predicted octanol–water partition coefficient (Wildman–Crippen LogP) is 5.23. The molecule has 1 aliphatic rings. The van der Waals surface area contributed by atoms with E-state index in [-0.39, 0.29) is 17.1 Å². The van der Waals surface area contributed by atoms with Gasteiger partial charge >= 0.3 is 0 Å². The lowest BCUT2D eigenvalue weighted by atomic mass is 9.98. The van der Waals surface area contributed by atoms with Crippen molar-refractivity contribution in [3.63, 3.8) is 0 Å². The second kappa shape index (κ2) is 7.47. The van der Waals surface area contributed by atoms with Gasteiger partial charge in [-0.25, -0.2) is 0 Å². The number of carbonyl (C=O) groups excluding carboxylic acids is 1. The van der Waals surface area contributed by atoms with E-state index in [0.717, 1.165) is 11.1 Å². The van der Waals surface area contributed by atoms with Crippen LogP contribution in [0.5, 0.6) is 0 Å². The van der Waals surface area contributed by atoms with E-state index in [4.69, 9.17) is 16.0 Å². The highest BCUT2D eigenvalue weighted by Gasteiger charge is 2.42. The number of amides is 1. The Kier molecular flexibility index (Phi) is 4.64. The summed E-state index contributed by atoms with van der Waals surface area (Å²) in [5.74, 6) is -0.138. The number of fused-ring (bicyclic) bond motifs is 2. The van der Waals surface area contributed by atoms with E-state index < -0.39 is 6.04 Å². The van der Waals surface area contributed by atoms with Crippen LogP contribution in [-0.4, -0.2) is 17.4 Å². The molecule has 0 unspecified atom stereocenters. The van der Waals surface area contributed by atoms with Crippen molar-refractivity contribution in [2.45, 2.75) is 12.5 Å². The van der Waals surface area contributed by atoms with Crippen molar-refractivity contribution in [2.75, 3.05) is 6.54 Å². The van der Waals surface area contributed by atoms with Gasteiger partial charge in [0.25, 0.3) is 5.91 Å². The molecule has 0 N–H and O–H groups in total. The fourth-order valence-corrected chi connectivity index (χ4v) is 4.27. The Morgan fingerprint density at radius 3 is 2.33 bits per heavy atom. The molecule has 30 heavy (non-hydrogen) atoms. The average molecular weight is 416 g/mol. The fourth-order valence-electron chi connectivity index (χ4n) is 4.10. The lowest BCUT2D eigenvalue weighted by molar-refractivity contribution is 0.0730. The summed E-state index contributed by atoms with van der Waals surface area (Å²) in [6.07, 6.45) is 0.684. The first-order chi connectivity index (χ1) is 14.6. The highest BCUT2D eigenvalue weighted by atomic mass is 35.5. The van der Waals surface area contributed by atoms with Gasteiger partial charge in [0.05, 0.1) is 17.0 Å². The molecular formula is C25H18ClNO3. The summed E-state index contributed by atoms with van der Waals surface area (Å²) < 4.78 is 5.94. The third-order valence-electron chi connectivity index (χ3n) is 5.53. The summed E-state index contributed by atoms with van der Waals surface area (Å²) in [6.45, 7) is 0.475. The number of nitrogens with zero attached hydrogens (tertiary/aromatic N) is 1. The molecule has 0 bridgehead atoms. The molecule has 5 rings (SSSR count). The van der Waals surface area contributed by atoms with Crippen LogP contribution in [-0.2, 0) is 6.42 Å². The smallest absolute Gasteiger partial charge is 0.290 e. The van der Waals surface area contributed by atoms with Crippen molar-refractivity contribution in [3.05, 3.63) is 117 Å². The van der Waals surface area contributed by atoms with Gasteiger partial charge in [0.2, 0.25) is 5.76 Å². The van der Waals surface area contributed by atoms with E-state index in [9.17, 15) is 9.59 Å². The van der Waals surface area contributed by atoms with E-state index in [0.29, 0.717) is 34.5 Å². The summed E-state index contributed by atoms with van der Waals surface area (Å²) in [6, 6.07) is 24.0. The van der Waals surface area contributed by atoms with Gasteiger partial charge in [-0.1, -0.05) is 72.3 Å². The van der Waals surface area contributed by atoms with Crippen LogP contribution in [0.2, 0.25) is 5.02 Å². The molecule has 1 amide bonds. The molecule has 3 aromatic carbocycles. The van der Waals surface area contributed by atoms with Gasteiger partial charge in [-0.3, -0.25) is 9.59 Å². The van der Waals surface area contributed by atoms with E-state index in [1.54, 1.807) is 23.1 Å².